The zero-order chi connectivity index (χ0) is 13.8. The van der Waals surface area contributed by atoms with E-state index in [0.29, 0.717) is 0 Å². The number of aromatic nitrogens is 1. The van der Waals surface area contributed by atoms with Gasteiger partial charge in [0.1, 0.15) is 10.8 Å². The van der Waals surface area contributed by atoms with Gasteiger partial charge in [-0.2, -0.15) is 0 Å². The number of aryl methyl sites for hydroxylation is 1. The molecule has 0 bridgehead atoms. The van der Waals surface area contributed by atoms with Crippen LogP contribution in [0.1, 0.15) is 28.4 Å². The first-order chi connectivity index (χ1) is 9.10. The van der Waals surface area contributed by atoms with Gasteiger partial charge in [0.05, 0.1) is 11.6 Å². The second kappa shape index (κ2) is 6.50. The summed E-state index contributed by atoms with van der Waals surface area (Å²) in [5, 5.41) is 4.60. The smallest absolute Gasteiger partial charge is 0.133 e. The standard InChI is InChI=1S/C14H17BrN2OS/c1-9-7-17-14(19-9)8-16-10(2)11-4-5-13(18-3)12(15)6-11/h4-7,10,16H,8H2,1-3H3. The molecule has 1 N–H and O–H groups in total. The summed E-state index contributed by atoms with van der Waals surface area (Å²) in [6, 6.07) is 6.41. The summed E-state index contributed by atoms with van der Waals surface area (Å²) in [6.45, 7) is 5.02. The molecule has 0 amide bonds. The molecule has 0 radical (unpaired) electrons. The fourth-order valence-electron chi connectivity index (χ4n) is 1.79. The average Bonchev–Trinajstić information content (AvgIpc) is 2.81. The molecule has 1 unspecified atom stereocenters. The Morgan fingerprint density at radius 2 is 2.26 bits per heavy atom. The number of nitrogens with zero attached hydrogens (tertiary/aromatic N) is 1. The maximum absolute atomic E-state index is 5.24. The quantitative estimate of drug-likeness (QED) is 0.890. The van der Waals surface area contributed by atoms with Gasteiger partial charge in [0.15, 0.2) is 0 Å². The van der Waals surface area contributed by atoms with Crippen LogP contribution >= 0.6 is 27.3 Å². The summed E-state index contributed by atoms with van der Waals surface area (Å²) in [5.74, 6) is 0.853. The van der Waals surface area contributed by atoms with Gasteiger partial charge < -0.3 is 10.1 Å². The lowest BCUT2D eigenvalue weighted by Crippen LogP contribution is -2.17. The Kier molecular flexibility index (Phi) is 4.96. The maximum Gasteiger partial charge on any atom is 0.133 e. The summed E-state index contributed by atoms with van der Waals surface area (Å²) in [5.41, 5.74) is 1.22. The topological polar surface area (TPSA) is 34.1 Å². The molecular weight excluding hydrogens is 324 g/mol. The Bertz CT molecular complexity index is 556. The van der Waals surface area contributed by atoms with Gasteiger partial charge in [0, 0.05) is 23.7 Å². The Morgan fingerprint density at radius 1 is 1.47 bits per heavy atom. The molecule has 1 atom stereocenters. The predicted octanol–water partition coefficient (Wildman–Crippen LogP) is 4.07. The highest BCUT2D eigenvalue weighted by Crippen LogP contribution is 2.28. The Labute approximate surface area is 126 Å². The number of thiazole rings is 1. The van der Waals surface area contributed by atoms with Gasteiger partial charge in [-0.05, 0) is 47.5 Å². The summed E-state index contributed by atoms with van der Waals surface area (Å²) in [6.07, 6.45) is 1.91. The molecule has 0 aliphatic rings. The van der Waals surface area contributed by atoms with Gasteiger partial charge >= 0.3 is 0 Å². The second-order valence-electron chi connectivity index (χ2n) is 4.36. The van der Waals surface area contributed by atoms with Crippen LogP contribution < -0.4 is 10.1 Å². The fourth-order valence-corrected chi connectivity index (χ4v) is 3.09. The molecule has 2 rings (SSSR count). The number of benzene rings is 1. The van der Waals surface area contributed by atoms with Crippen molar-refractivity contribution < 1.29 is 4.74 Å². The van der Waals surface area contributed by atoms with E-state index >= 15 is 0 Å². The van der Waals surface area contributed by atoms with Gasteiger partial charge in [-0.3, -0.25) is 0 Å². The molecular formula is C14H17BrN2OS. The lowest BCUT2D eigenvalue weighted by molar-refractivity contribution is 0.411. The van der Waals surface area contributed by atoms with Crippen LogP contribution in [0.3, 0.4) is 0 Å². The molecule has 19 heavy (non-hydrogen) atoms. The number of rotatable bonds is 5. The number of nitrogens with one attached hydrogen (secondary N) is 1. The van der Waals surface area contributed by atoms with E-state index in [0.717, 1.165) is 21.8 Å². The van der Waals surface area contributed by atoms with Crippen LogP contribution in [0, 0.1) is 6.92 Å². The van der Waals surface area contributed by atoms with Crippen molar-refractivity contribution in [3.8, 4) is 5.75 Å². The van der Waals surface area contributed by atoms with Crippen LogP contribution in [0.5, 0.6) is 5.75 Å². The van der Waals surface area contributed by atoms with E-state index in [1.165, 1.54) is 10.4 Å². The number of halogens is 1. The van der Waals surface area contributed by atoms with Crippen LogP contribution in [0.4, 0.5) is 0 Å². The lowest BCUT2D eigenvalue weighted by Gasteiger charge is -2.14. The SMILES string of the molecule is COc1ccc(C(C)NCc2ncc(C)s2)cc1Br. The maximum atomic E-state index is 5.24. The minimum Gasteiger partial charge on any atom is -0.496 e. The summed E-state index contributed by atoms with van der Waals surface area (Å²) in [4.78, 5) is 5.60. The fraction of sp³-hybridized carbons (Fsp3) is 0.357. The van der Waals surface area contributed by atoms with Crippen molar-refractivity contribution in [2.24, 2.45) is 0 Å². The monoisotopic (exact) mass is 340 g/mol. The van der Waals surface area contributed by atoms with Crippen molar-refractivity contribution in [2.75, 3.05) is 7.11 Å². The molecule has 0 aliphatic heterocycles. The van der Waals surface area contributed by atoms with Gasteiger partial charge in [-0.15, -0.1) is 11.3 Å². The predicted molar refractivity (Wildman–Crippen MR) is 82.8 cm³/mol. The third-order valence-electron chi connectivity index (χ3n) is 2.90. The van der Waals surface area contributed by atoms with Crippen LogP contribution in [-0.4, -0.2) is 12.1 Å². The molecule has 0 saturated carbocycles. The highest BCUT2D eigenvalue weighted by Gasteiger charge is 2.09. The van der Waals surface area contributed by atoms with Gasteiger partial charge in [0.2, 0.25) is 0 Å². The van der Waals surface area contributed by atoms with E-state index in [-0.39, 0.29) is 6.04 Å². The molecule has 0 aliphatic carbocycles. The van der Waals surface area contributed by atoms with Crippen LogP contribution in [0.15, 0.2) is 28.9 Å². The Hall–Kier alpha value is -0.910. The van der Waals surface area contributed by atoms with Crippen molar-refractivity contribution in [1.82, 2.24) is 10.3 Å². The number of methoxy groups -OCH3 is 1. The highest BCUT2D eigenvalue weighted by atomic mass is 79.9. The Balaban J connectivity index is 1.99. The normalized spacial score (nSPS) is 12.4. The molecule has 0 spiro atoms. The van der Waals surface area contributed by atoms with Gasteiger partial charge in [-0.25, -0.2) is 4.98 Å². The lowest BCUT2D eigenvalue weighted by atomic mass is 10.1. The third-order valence-corrected chi connectivity index (χ3v) is 4.44. The molecule has 5 heteroatoms. The largest absolute Gasteiger partial charge is 0.496 e. The molecule has 0 saturated heterocycles. The van der Waals surface area contributed by atoms with Crippen molar-refractivity contribution in [1.29, 1.82) is 0 Å². The first-order valence-corrected chi connectivity index (χ1v) is 7.69. The zero-order valence-corrected chi connectivity index (χ0v) is 13.6. The minimum atomic E-state index is 0.270. The Morgan fingerprint density at radius 3 is 2.84 bits per heavy atom. The van der Waals surface area contributed by atoms with Crippen LogP contribution in [0.25, 0.3) is 0 Å². The van der Waals surface area contributed by atoms with E-state index in [1.54, 1.807) is 18.4 Å². The van der Waals surface area contributed by atoms with E-state index < -0.39 is 0 Å². The van der Waals surface area contributed by atoms with E-state index in [1.807, 2.05) is 12.3 Å². The summed E-state index contributed by atoms with van der Waals surface area (Å²) >= 11 is 5.24. The highest BCUT2D eigenvalue weighted by molar-refractivity contribution is 9.10. The van der Waals surface area contributed by atoms with Crippen LogP contribution in [-0.2, 0) is 6.54 Å². The molecule has 3 nitrogen and oxygen atoms in total. The van der Waals surface area contributed by atoms with Crippen molar-refractivity contribution >= 4 is 27.3 Å². The van der Waals surface area contributed by atoms with Gasteiger partial charge in [-0.1, -0.05) is 6.07 Å². The summed E-state index contributed by atoms with van der Waals surface area (Å²) < 4.78 is 6.21. The van der Waals surface area contributed by atoms with E-state index in [4.69, 9.17) is 4.74 Å². The average molecular weight is 341 g/mol. The first-order valence-electron chi connectivity index (χ1n) is 6.08. The first kappa shape index (κ1) is 14.5. The number of hydrogen-bond acceptors (Lipinski definition) is 4. The van der Waals surface area contributed by atoms with Crippen molar-refractivity contribution in [3.63, 3.8) is 0 Å². The molecule has 1 heterocycles. The van der Waals surface area contributed by atoms with Gasteiger partial charge in [0.25, 0.3) is 0 Å². The van der Waals surface area contributed by atoms with E-state index in [9.17, 15) is 0 Å². The van der Waals surface area contributed by atoms with Crippen molar-refractivity contribution in [2.45, 2.75) is 26.4 Å². The molecule has 2 aromatic rings. The van der Waals surface area contributed by atoms with E-state index in [2.05, 4.69) is 52.2 Å². The summed E-state index contributed by atoms with van der Waals surface area (Å²) in [7, 11) is 1.67. The third kappa shape index (κ3) is 3.78. The molecule has 1 aromatic carbocycles. The molecule has 102 valence electrons. The minimum absolute atomic E-state index is 0.270. The second-order valence-corrected chi connectivity index (χ2v) is 6.53. The van der Waals surface area contributed by atoms with Crippen LogP contribution in [0.2, 0.25) is 0 Å². The number of ether oxygens (including phenoxy) is 1. The molecule has 1 aromatic heterocycles. The van der Waals surface area contributed by atoms with Crippen molar-refractivity contribution in [3.05, 3.63) is 44.3 Å². The molecule has 0 fully saturated rings. The number of hydrogen-bond donors (Lipinski definition) is 1. The zero-order valence-electron chi connectivity index (χ0n) is 11.2.